The summed E-state index contributed by atoms with van der Waals surface area (Å²) in [5.41, 5.74) is 1.76. The Labute approximate surface area is 142 Å². The number of benzene rings is 1. The summed E-state index contributed by atoms with van der Waals surface area (Å²) >= 11 is 0. The van der Waals surface area contributed by atoms with E-state index in [1.165, 1.54) is 0 Å². The highest BCUT2D eigenvalue weighted by molar-refractivity contribution is 7.91. The normalized spacial score (nSPS) is 19.2. The van der Waals surface area contributed by atoms with Crippen LogP contribution in [0.3, 0.4) is 0 Å². The van der Waals surface area contributed by atoms with Gasteiger partial charge in [-0.25, -0.2) is 13.4 Å². The molecule has 0 amide bonds. The fourth-order valence-corrected chi connectivity index (χ4v) is 4.76. The molecule has 0 aliphatic carbocycles. The Balaban J connectivity index is 1.87. The van der Waals surface area contributed by atoms with Gasteiger partial charge < -0.3 is 10.2 Å². The minimum Gasteiger partial charge on any atom is -0.353 e. The van der Waals surface area contributed by atoms with Crippen molar-refractivity contribution in [3.05, 3.63) is 42.1 Å². The molecular formula is C17H22N4O2S. The lowest BCUT2D eigenvalue weighted by Gasteiger charge is -2.28. The smallest absolute Gasteiger partial charge is 0.229 e. The van der Waals surface area contributed by atoms with E-state index < -0.39 is 9.84 Å². The molecule has 1 atom stereocenters. The molecule has 24 heavy (non-hydrogen) atoms. The van der Waals surface area contributed by atoms with Crippen LogP contribution in [0.5, 0.6) is 0 Å². The van der Waals surface area contributed by atoms with Crippen molar-refractivity contribution in [2.24, 2.45) is 0 Å². The van der Waals surface area contributed by atoms with Gasteiger partial charge in [-0.3, -0.25) is 0 Å². The van der Waals surface area contributed by atoms with Gasteiger partial charge in [0.25, 0.3) is 0 Å². The molecule has 0 radical (unpaired) electrons. The van der Waals surface area contributed by atoms with Crippen molar-refractivity contribution >= 4 is 27.3 Å². The summed E-state index contributed by atoms with van der Waals surface area (Å²) in [6.07, 6.45) is 0.653. The third-order valence-electron chi connectivity index (χ3n) is 4.15. The van der Waals surface area contributed by atoms with Crippen molar-refractivity contribution in [2.75, 3.05) is 28.3 Å². The zero-order valence-corrected chi connectivity index (χ0v) is 14.8. The summed E-state index contributed by atoms with van der Waals surface area (Å²) in [6, 6.07) is 11.6. The first kappa shape index (κ1) is 16.7. The molecule has 3 rings (SSSR count). The fraction of sp³-hybridized carbons (Fsp3) is 0.412. The van der Waals surface area contributed by atoms with Crippen LogP contribution in [0.4, 0.5) is 17.5 Å². The van der Waals surface area contributed by atoms with Crippen LogP contribution in [-0.2, 0) is 9.84 Å². The van der Waals surface area contributed by atoms with Gasteiger partial charge >= 0.3 is 0 Å². The van der Waals surface area contributed by atoms with Crippen LogP contribution in [0, 0.1) is 6.92 Å². The number of rotatable bonds is 5. The summed E-state index contributed by atoms with van der Waals surface area (Å²) in [4.78, 5) is 11.1. The monoisotopic (exact) mass is 346 g/mol. The van der Waals surface area contributed by atoms with Gasteiger partial charge in [-0.1, -0.05) is 18.2 Å². The minimum absolute atomic E-state index is 0.0149. The third-order valence-corrected chi connectivity index (χ3v) is 5.91. The van der Waals surface area contributed by atoms with Gasteiger partial charge in [-0.05, 0) is 32.4 Å². The number of hydrogen-bond donors (Lipinski definition) is 1. The van der Waals surface area contributed by atoms with Crippen molar-refractivity contribution in [1.29, 1.82) is 0 Å². The molecular weight excluding hydrogens is 324 g/mol. The molecule has 6 nitrogen and oxygen atoms in total. The van der Waals surface area contributed by atoms with Crippen LogP contribution >= 0.6 is 0 Å². The lowest BCUT2D eigenvalue weighted by molar-refractivity contribution is 0.599. The Bertz CT molecular complexity index is 809. The first-order valence-corrected chi connectivity index (χ1v) is 9.94. The lowest BCUT2D eigenvalue weighted by Crippen LogP contribution is -2.36. The van der Waals surface area contributed by atoms with Crippen LogP contribution < -0.4 is 10.2 Å². The molecule has 0 bridgehead atoms. The summed E-state index contributed by atoms with van der Waals surface area (Å²) in [7, 11) is -2.93. The first-order chi connectivity index (χ1) is 11.5. The second kappa shape index (κ2) is 6.76. The number of anilines is 3. The molecule has 1 aromatic carbocycles. The van der Waals surface area contributed by atoms with Crippen LogP contribution in [-0.4, -0.2) is 42.5 Å². The fourth-order valence-electron chi connectivity index (χ4n) is 3.03. The van der Waals surface area contributed by atoms with Crippen LogP contribution in [0.2, 0.25) is 0 Å². The maximum atomic E-state index is 11.8. The zero-order chi connectivity index (χ0) is 17.2. The van der Waals surface area contributed by atoms with Gasteiger partial charge in [0.05, 0.1) is 11.5 Å². The molecule has 128 valence electrons. The molecule has 1 saturated heterocycles. The van der Waals surface area contributed by atoms with Gasteiger partial charge in [0.15, 0.2) is 9.84 Å². The Hall–Kier alpha value is -2.15. The lowest BCUT2D eigenvalue weighted by atomic mass is 10.2. The molecule has 2 heterocycles. The van der Waals surface area contributed by atoms with E-state index in [1.807, 2.05) is 50.2 Å². The number of para-hydroxylation sites is 1. The molecule has 1 aliphatic rings. The molecule has 1 aliphatic heterocycles. The number of hydrogen-bond acceptors (Lipinski definition) is 6. The maximum Gasteiger partial charge on any atom is 0.229 e. The van der Waals surface area contributed by atoms with Crippen molar-refractivity contribution in [3.63, 3.8) is 0 Å². The molecule has 1 unspecified atom stereocenters. The Morgan fingerprint density at radius 1 is 1.25 bits per heavy atom. The Kier molecular flexibility index (Phi) is 4.71. The van der Waals surface area contributed by atoms with Crippen molar-refractivity contribution in [3.8, 4) is 0 Å². The topological polar surface area (TPSA) is 75.2 Å². The Morgan fingerprint density at radius 2 is 2.00 bits per heavy atom. The number of nitrogens with one attached hydrogen (secondary N) is 1. The molecule has 0 saturated carbocycles. The van der Waals surface area contributed by atoms with Gasteiger partial charge in [0.1, 0.15) is 5.82 Å². The van der Waals surface area contributed by atoms with Crippen LogP contribution in [0.1, 0.15) is 19.0 Å². The quantitative estimate of drug-likeness (QED) is 0.897. The highest BCUT2D eigenvalue weighted by atomic mass is 32.2. The SMILES string of the molecule is CCN(c1cc(C)nc(Nc2ccccc2)n1)C1CCS(=O)(=O)C1. The molecule has 7 heteroatoms. The molecule has 0 spiro atoms. The molecule has 1 fully saturated rings. The van der Waals surface area contributed by atoms with E-state index in [-0.39, 0.29) is 17.5 Å². The van der Waals surface area contributed by atoms with Crippen molar-refractivity contribution in [1.82, 2.24) is 9.97 Å². The van der Waals surface area contributed by atoms with E-state index in [9.17, 15) is 8.42 Å². The van der Waals surface area contributed by atoms with Gasteiger partial charge in [-0.15, -0.1) is 0 Å². The summed E-state index contributed by atoms with van der Waals surface area (Å²) in [5, 5.41) is 3.20. The Morgan fingerprint density at radius 3 is 2.62 bits per heavy atom. The zero-order valence-electron chi connectivity index (χ0n) is 13.9. The molecule has 1 aromatic heterocycles. The minimum atomic E-state index is -2.93. The summed E-state index contributed by atoms with van der Waals surface area (Å²) < 4.78 is 23.6. The van der Waals surface area contributed by atoms with E-state index in [4.69, 9.17) is 0 Å². The van der Waals surface area contributed by atoms with E-state index in [2.05, 4.69) is 20.2 Å². The summed E-state index contributed by atoms with van der Waals surface area (Å²) in [5.74, 6) is 1.75. The molecule has 1 N–H and O–H groups in total. The number of nitrogens with zero attached hydrogens (tertiary/aromatic N) is 3. The van der Waals surface area contributed by atoms with Gasteiger partial charge in [-0.2, -0.15) is 4.98 Å². The number of aromatic nitrogens is 2. The predicted octanol–water partition coefficient (Wildman–Crippen LogP) is 2.54. The third kappa shape index (κ3) is 3.84. The number of sulfone groups is 1. The van der Waals surface area contributed by atoms with Gasteiger partial charge in [0, 0.05) is 30.0 Å². The highest BCUT2D eigenvalue weighted by Crippen LogP contribution is 2.25. The van der Waals surface area contributed by atoms with Crippen molar-refractivity contribution in [2.45, 2.75) is 26.3 Å². The van der Waals surface area contributed by atoms with Gasteiger partial charge in [0.2, 0.25) is 5.95 Å². The highest BCUT2D eigenvalue weighted by Gasteiger charge is 2.32. The average molecular weight is 346 g/mol. The largest absolute Gasteiger partial charge is 0.353 e. The average Bonchev–Trinajstić information content (AvgIpc) is 2.88. The van der Waals surface area contributed by atoms with E-state index in [0.717, 1.165) is 17.2 Å². The van der Waals surface area contributed by atoms with Crippen molar-refractivity contribution < 1.29 is 8.42 Å². The first-order valence-electron chi connectivity index (χ1n) is 8.11. The van der Waals surface area contributed by atoms with E-state index in [0.29, 0.717) is 18.9 Å². The summed E-state index contributed by atoms with van der Waals surface area (Å²) in [6.45, 7) is 4.65. The van der Waals surface area contributed by atoms with E-state index in [1.54, 1.807) is 0 Å². The maximum absolute atomic E-state index is 11.8. The standard InChI is InChI=1S/C17H22N4O2S/c1-3-21(15-9-10-24(22,23)12-15)16-11-13(2)18-17(20-16)19-14-7-5-4-6-8-14/h4-8,11,15H,3,9-10,12H2,1-2H3,(H,18,19,20). The van der Waals surface area contributed by atoms with E-state index >= 15 is 0 Å². The second-order valence-electron chi connectivity index (χ2n) is 6.03. The molecule has 2 aromatic rings. The number of aryl methyl sites for hydroxylation is 1. The van der Waals surface area contributed by atoms with Crippen LogP contribution in [0.25, 0.3) is 0 Å². The van der Waals surface area contributed by atoms with Crippen LogP contribution in [0.15, 0.2) is 36.4 Å². The second-order valence-corrected chi connectivity index (χ2v) is 8.25. The predicted molar refractivity (Wildman–Crippen MR) is 96.6 cm³/mol.